The molecule has 1 N–H and O–H groups in total. The van der Waals surface area contributed by atoms with Crippen LogP contribution < -0.4 is 0 Å². The Morgan fingerprint density at radius 1 is 1.11 bits per heavy atom. The number of halogens is 1. The van der Waals surface area contributed by atoms with Crippen LogP contribution in [0.1, 0.15) is 25.3 Å². The van der Waals surface area contributed by atoms with E-state index in [1.807, 2.05) is 12.1 Å². The van der Waals surface area contributed by atoms with E-state index in [2.05, 4.69) is 16.7 Å². The van der Waals surface area contributed by atoms with Crippen LogP contribution >= 0.6 is 11.6 Å². The Balaban J connectivity index is 1.48. The SMILES string of the molecule is CCN1CCN(CC2C(O)CCC3C(=O)C(c4ccc(Cl)cc4)=COC32)CC1. The third kappa shape index (κ3) is 3.99. The standard InChI is InChI=1S/C22H29ClN2O3/c1-2-24-9-11-25(12-10-24)13-18-20(26)8-7-17-21(27)19(14-28-22(17)18)15-3-5-16(23)6-4-15/h3-6,14,17-18,20,22,26H,2,7-13H2,1H3. The first-order chi connectivity index (χ1) is 13.6. The fraction of sp³-hybridized carbons (Fsp3) is 0.591. The van der Waals surface area contributed by atoms with Crippen LogP contribution in [0.5, 0.6) is 0 Å². The molecule has 2 aliphatic heterocycles. The molecule has 1 aliphatic carbocycles. The van der Waals surface area contributed by atoms with Crippen molar-refractivity contribution in [1.29, 1.82) is 0 Å². The van der Waals surface area contributed by atoms with Gasteiger partial charge >= 0.3 is 0 Å². The van der Waals surface area contributed by atoms with Crippen LogP contribution in [0.4, 0.5) is 0 Å². The Morgan fingerprint density at radius 2 is 1.79 bits per heavy atom. The molecule has 2 fully saturated rings. The monoisotopic (exact) mass is 404 g/mol. The van der Waals surface area contributed by atoms with Gasteiger partial charge in [-0.15, -0.1) is 0 Å². The van der Waals surface area contributed by atoms with Crippen molar-refractivity contribution in [2.24, 2.45) is 11.8 Å². The highest BCUT2D eigenvalue weighted by Crippen LogP contribution is 2.39. The van der Waals surface area contributed by atoms with Gasteiger partial charge < -0.3 is 19.6 Å². The number of carbonyl (C=O) groups excluding carboxylic acids is 1. The molecule has 3 aliphatic rings. The summed E-state index contributed by atoms with van der Waals surface area (Å²) in [6, 6.07) is 7.30. The molecule has 0 aromatic heterocycles. The lowest BCUT2D eigenvalue weighted by atomic mass is 9.72. The van der Waals surface area contributed by atoms with Gasteiger partial charge in [-0.2, -0.15) is 0 Å². The fourth-order valence-corrected chi connectivity index (χ4v) is 4.90. The van der Waals surface area contributed by atoms with E-state index in [1.54, 1.807) is 18.4 Å². The van der Waals surface area contributed by atoms with Crippen molar-refractivity contribution in [1.82, 2.24) is 9.80 Å². The number of rotatable bonds is 4. The summed E-state index contributed by atoms with van der Waals surface area (Å²) in [7, 11) is 0. The molecule has 0 bridgehead atoms. The van der Waals surface area contributed by atoms with Crippen molar-refractivity contribution in [3.63, 3.8) is 0 Å². The van der Waals surface area contributed by atoms with Gasteiger partial charge in [-0.1, -0.05) is 30.7 Å². The van der Waals surface area contributed by atoms with E-state index in [4.69, 9.17) is 16.3 Å². The lowest BCUT2D eigenvalue weighted by Gasteiger charge is -2.45. The summed E-state index contributed by atoms with van der Waals surface area (Å²) < 4.78 is 6.10. The summed E-state index contributed by atoms with van der Waals surface area (Å²) in [5, 5.41) is 11.3. The van der Waals surface area contributed by atoms with E-state index >= 15 is 0 Å². The second-order valence-corrected chi connectivity index (χ2v) is 8.59. The zero-order valence-corrected chi connectivity index (χ0v) is 17.1. The average Bonchev–Trinajstić information content (AvgIpc) is 2.72. The minimum atomic E-state index is -0.413. The highest BCUT2D eigenvalue weighted by Gasteiger charge is 2.46. The van der Waals surface area contributed by atoms with E-state index in [1.165, 1.54) is 0 Å². The van der Waals surface area contributed by atoms with Crippen LogP contribution in [-0.4, -0.2) is 72.2 Å². The number of ketones is 1. The number of nitrogens with zero attached hydrogens (tertiary/aromatic N) is 2. The van der Waals surface area contributed by atoms with Gasteiger partial charge in [0.15, 0.2) is 5.78 Å². The Kier molecular flexibility index (Phi) is 6.07. The van der Waals surface area contributed by atoms with E-state index < -0.39 is 6.10 Å². The van der Waals surface area contributed by atoms with E-state index in [0.29, 0.717) is 23.4 Å². The first-order valence-electron chi connectivity index (χ1n) is 10.4. The maximum absolute atomic E-state index is 13.2. The number of ether oxygens (including phenoxy) is 1. The average molecular weight is 405 g/mol. The molecule has 0 amide bonds. The molecule has 28 heavy (non-hydrogen) atoms. The van der Waals surface area contributed by atoms with Gasteiger partial charge in [0, 0.05) is 43.7 Å². The second-order valence-electron chi connectivity index (χ2n) is 8.15. The van der Waals surface area contributed by atoms with Gasteiger partial charge in [0.2, 0.25) is 0 Å². The molecule has 1 saturated carbocycles. The molecule has 4 unspecified atom stereocenters. The molecule has 4 rings (SSSR count). The van der Waals surface area contributed by atoms with Gasteiger partial charge in [-0.3, -0.25) is 4.79 Å². The lowest BCUT2D eigenvalue weighted by molar-refractivity contribution is -0.133. The summed E-state index contributed by atoms with van der Waals surface area (Å²) in [6.45, 7) is 8.21. The van der Waals surface area contributed by atoms with E-state index in [0.717, 1.165) is 44.8 Å². The highest BCUT2D eigenvalue weighted by atomic mass is 35.5. The quantitative estimate of drug-likeness (QED) is 0.836. The highest BCUT2D eigenvalue weighted by molar-refractivity contribution is 6.30. The summed E-state index contributed by atoms with van der Waals surface area (Å²) >= 11 is 5.97. The Labute approximate surface area is 171 Å². The first-order valence-corrected chi connectivity index (χ1v) is 10.7. The number of hydrogen-bond acceptors (Lipinski definition) is 5. The maximum Gasteiger partial charge on any atom is 0.173 e. The number of benzene rings is 1. The van der Waals surface area contributed by atoms with Crippen LogP contribution in [0.15, 0.2) is 30.5 Å². The minimum Gasteiger partial charge on any atom is -0.496 e. The van der Waals surface area contributed by atoms with Gasteiger partial charge in [0.05, 0.1) is 23.9 Å². The van der Waals surface area contributed by atoms with Gasteiger partial charge in [0.1, 0.15) is 6.10 Å². The molecule has 4 atom stereocenters. The number of carbonyl (C=O) groups is 1. The largest absolute Gasteiger partial charge is 0.496 e. The zero-order chi connectivity index (χ0) is 19.7. The number of piperazine rings is 1. The van der Waals surface area contributed by atoms with Gasteiger partial charge in [-0.05, 0) is 37.1 Å². The van der Waals surface area contributed by atoms with Crippen LogP contribution in [0.25, 0.3) is 5.57 Å². The van der Waals surface area contributed by atoms with Crippen molar-refractivity contribution < 1.29 is 14.6 Å². The van der Waals surface area contributed by atoms with Crippen LogP contribution in [0, 0.1) is 11.8 Å². The molecule has 5 nitrogen and oxygen atoms in total. The molecule has 1 saturated heterocycles. The van der Waals surface area contributed by atoms with Gasteiger partial charge in [-0.25, -0.2) is 0 Å². The van der Waals surface area contributed by atoms with Crippen molar-refractivity contribution in [3.05, 3.63) is 41.1 Å². The molecule has 0 spiro atoms. The number of hydrogen-bond donors (Lipinski definition) is 1. The third-order valence-electron chi connectivity index (χ3n) is 6.57. The molecule has 0 radical (unpaired) electrons. The summed E-state index contributed by atoms with van der Waals surface area (Å²) in [5.74, 6) is -0.0776. The normalized spacial score (nSPS) is 31.8. The minimum absolute atomic E-state index is 0.0288. The van der Waals surface area contributed by atoms with Gasteiger partial charge in [0.25, 0.3) is 0 Å². The van der Waals surface area contributed by atoms with E-state index in [9.17, 15) is 9.90 Å². The fourth-order valence-electron chi connectivity index (χ4n) is 4.78. The second kappa shape index (κ2) is 8.54. The molecule has 1 aromatic rings. The number of allylic oxidation sites excluding steroid dienone is 1. The Hall–Kier alpha value is -1.40. The zero-order valence-electron chi connectivity index (χ0n) is 16.4. The summed E-state index contributed by atoms with van der Waals surface area (Å²) in [6.07, 6.45) is 2.28. The predicted octanol–water partition coefficient (Wildman–Crippen LogP) is 2.67. The van der Waals surface area contributed by atoms with Crippen LogP contribution in [-0.2, 0) is 9.53 Å². The third-order valence-corrected chi connectivity index (χ3v) is 6.82. The molecule has 1 aromatic carbocycles. The predicted molar refractivity (Wildman–Crippen MR) is 110 cm³/mol. The molecule has 6 heteroatoms. The summed E-state index contributed by atoms with van der Waals surface area (Å²) in [5.41, 5.74) is 1.45. The van der Waals surface area contributed by atoms with Crippen LogP contribution in [0.2, 0.25) is 5.02 Å². The van der Waals surface area contributed by atoms with Crippen molar-refractivity contribution in [2.45, 2.75) is 32.0 Å². The van der Waals surface area contributed by atoms with Crippen LogP contribution in [0.3, 0.4) is 0 Å². The molecule has 2 heterocycles. The maximum atomic E-state index is 13.2. The first kappa shape index (κ1) is 19.9. The topological polar surface area (TPSA) is 53.0 Å². The molecular weight excluding hydrogens is 376 g/mol. The van der Waals surface area contributed by atoms with Crippen molar-refractivity contribution in [2.75, 3.05) is 39.3 Å². The Bertz CT molecular complexity index is 728. The number of Topliss-reactive ketones (excluding diaryl/α,β-unsaturated/α-hetero) is 1. The van der Waals surface area contributed by atoms with E-state index in [-0.39, 0.29) is 23.7 Å². The smallest absolute Gasteiger partial charge is 0.173 e. The number of likely N-dealkylation sites (N-methyl/N-ethyl adjacent to an activating group) is 1. The molecular formula is C22H29ClN2O3. The summed E-state index contributed by atoms with van der Waals surface area (Å²) in [4.78, 5) is 18.0. The lowest BCUT2D eigenvalue weighted by Crippen LogP contribution is -2.54. The number of fused-ring (bicyclic) bond motifs is 1. The number of aliphatic hydroxyl groups excluding tert-OH is 1. The molecule has 152 valence electrons. The Morgan fingerprint density at radius 3 is 2.46 bits per heavy atom. The van der Waals surface area contributed by atoms with Crippen molar-refractivity contribution >= 4 is 23.0 Å². The van der Waals surface area contributed by atoms with Crippen molar-refractivity contribution in [3.8, 4) is 0 Å². The number of aliphatic hydroxyl groups is 1.